The Morgan fingerprint density at radius 3 is 2.54 bits per heavy atom. The fourth-order valence-electron chi connectivity index (χ4n) is 5.10. The first-order chi connectivity index (χ1) is 13.5. The van der Waals surface area contributed by atoms with Gasteiger partial charge in [0.25, 0.3) is 10.0 Å². The van der Waals surface area contributed by atoms with Crippen molar-refractivity contribution in [2.75, 3.05) is 19.4 Å². The largest absolute Gasteiger partial charge is 0.497 e. The van der Waals surface area contributed by atoms with Crippen molar-refractivity contribution in [3.63, 3.8) is 0 Å². The van der Waals surface area contributed by atoms with E-state index in [1.807, 2.05) is 18.2 Å². The van der Waals surface area contributed by atoms with E-state index in [9.17, 15) is 8.42 Å². The van der Waals surface area contributed by atoms with Crippen molar-refractivity contribution in [3.05, 3.63) is 54.1 Å². The van der Waals surface area contributed by atoms with E-state index in [0.717, 1.165) is 48.4 Å². The predicted molar refractivity (Wildman–Crippen MR) is 110 cm³/mol. The Kier molecular flexibility index (Phi) is 4.02. The van der Waals surface area contributed by atoms with Gasteiger partial charge in [-0.05, 0) is 54.5 Å². The van der Waals surface area contributed by atoms with Gasteiger partial charge in [-0.2, -0.15) is 0 Å². The number of ether oxygens (including phenoxy) is 1. The zero-order chi connectivity index (χ0) is 19.4. The first-order valence-corrected chi connectivity index (χ1v) is 11.5. The molecule has 0 N–H and O–H groups in total. The van der Waals surface area contributed by atoms with Crippen LogP contribution in [-0.4, -0.2) is 44.6 Å². The van der Waals surface area contributed by atoms with Gasteiger partial charge in [0.15, 0.2) is 0 Å². The SMILES string of the molecule is COc1cccc(-c2ccc(C34CCC(CC3)N3CCS(=O)(=O)N=C34)cc2)c1. The molecule has 1 aliphatic carbocycles. The van der Waals surface area contributed by atoms with Crippen LogP contribution in [0.4, 0.5) is 0 Å². The number of hydrogen-bond acceptors (Lipinski definition) is 4. The molecule has 3 heterocycles. The summed E-state index contributed by atoms with van der Waals surface area (Å²) in [6.45, 7) is 0.579. The quantitative estimate of drug-likeness (QED) is 0.795. The van der Waals surface area contributed by atoms with Crippen LogP contribution in [-0.2, 0) is 15.4 Å². The van der Waals surface area contributed by atoms with E-state index in [0.29, 0.717) is 12.6 Å². The Bertz CT molecular complexity index is 1040. The molecule has 3 aliphatic heterocycles. The van der Waals surface area contributed by atoms with Crippen molar-refractivity contribution in [3.8, 4) is 16.9 Å². The highest BCUT2D eigenvalue weighted by molar-refractivity contribution is 7.90. The molecular weight excluding hydrogens is 372 g/mol. The molecule has 28 heavy (non-hydrogen) atoms. The second kappa shape index (κ2) is 6.34. The predicted octanol–water partition coefficient (Wildman–Crippen LogP) is 3.60. The van der Waals surface area contributed by atoms with Crippen molar-refractivity contribution in [1.29, 1.82) is 0 Å². The summed E-state index contributed by atoms with van der Waals surface area (Å²) >= 11 is 0. The summed E-state index contributed by atoms with van der Waals surface area (Å²) in [5.74, 6) is 1.76. The summed E-state index contributed by atoms with van der Waals surface area (Å²) < 4.78 is 34.1. The summed E-state index contributed by atoms with van der Waals surface area (Å²) in [5.41, 5.74) is 3.14. The maximum Gasteiger partial charge on any atom is 0.256 e. The third kappa shape index (κ3) is 2.73. The lowest BCUT2D eigenvalue weighted by atomic mass is 9.63. The Hall–Kier alpha value is -2.34. The molecular formula is C22H24N2O3S. The van der Waals surface area contributed by atoms with Gasteiger partial charge in [0.2, 0.25) is 0 Å². The highest BCUT2D eigenvalue weighted by Gasteiger charge is 2.52. The van der Waals surface area contributed by atoms with Crippen molar-refractivity contribution in [2.45, 2.75) is 37.1 Å². The molecule has 0 radical (unpaired) electrons. The normalized spacial score (nSPS) is 27.8. The lowest BCUT2D eigenvalue weighted by Gasteiger charge is -2.55. The lowest BCUT2D eigenvalue weighted by molar-refractivity contribution is 0.151. The van der Waals surface area contributed by atoms with Gasteiger partial charge in [-0.25, -0.2) is 8.42 Å². The second-order valence-electron chi connectivity index (χ2n) is 8.02. The number of nitrogens with zero attached hydrogens (tertiary/aromatic N) is 2. The van der Waals surface area contributed by atoms with Crippen LogP contribution in [0, 0.1) is 0 Å². The van der Waals surface area contributed by atoms with E-state index >= 15 is 0 Å². The number of benzene rings is 2. The third-order valence-electron chi connectivity index (χ3n) is 6.61. The van der Waals surface area contributed by atoms with Crippen LogP contribution in [0.25, 0.3) is 11.1 Å². The zero-order valence-corrected chi connectivity index (χ0v) is 16.8. The number of amidine groups is 1. The molecule has 1 saturated carbocycles. The Morgan fingerprint density at radius 2 is 1.82 bits per heavy atom. The van der Waals surface area contributed by atoms with Crippen LogP contribution < -0.4 is 4.74 Å². The smallest absolute Gasteiger partial charge is 0.256 e. The lowest BCUT2D eigenvalue weighted by Crippen LogP contribution is -2.62. The molecule has 2 aromatic rings. The molecule has 0 unspecified atom stereocenters. The molecule has 146 valence electrons. The topological polar surface area (TPSA) is 59.0 Å². The van der Waals surface area contributed by atoms with Crippen LogP contribution in [0.2, 0.25) is 0 Å². The van der Waals surface area contributed by atoms with Crippen molar-refractivity contribution in [1.82, 2.24) is 4.90 Å². The second-order valence-corrected chi connectivity index (χ2v) is 9.77. The number of methoxy groups -OCH3 is 1. The molecule has 2 bridgehead atoms. The van der Waals surface area contributed by atoms with Gasteiger partial charge in [-0.1, -0.05) is 36.4 Å². The number of piperidine rings is 2. The van der Waals surface area contributed by atoms with Gasteiger partial charge in [0.05, 0.1) is 18.3 Å². The van der Waals surface area contributed by atoms with E-state index in [1.54, 1.807) is 7.11 Å². The molecule has 2 aromatic carbocycles. The summed E-state index contributed by atoms with van der Waals surface area (Å²) in [6, 6.07) is 17.0. The maximum atomic E-state index is 12.2. The average Bonchev–Trinajstić information content (AvgIpc) is 2.74. The third-order valence-corrected chi connectivity index (χ3v) is 7.76. The zero-order valence-electron chi connectivity index (χ0n) is 16.0. The first-order valence-electron chi connectivity index (χ1n) is 9.85. The maximum absolute atomic E-state index is 12.2. The number of rotatable bonds is 3. The molecule has 5 nitrogen and oxygen atoms in total. The fraction of sp³-hybridized carbons (Fsp3) is 0.409. The highest BCUT2D eigenvalue weighted by atomic mass is 32.2. The molecule has 0 atom stereocenters. The minimum atomic E-state index is -3.35. The fourth-order valence-corrected chi connectivity index (χ4v) is 6.16. The van der Waals surface area contributed by atoms with E-state index in [-0.39, 0.29) is 11.2 Å². The first kappa shape index (κ1) is 17.7. The Labute approximate surface area is 166 Å². The minimum Gasteiger partial charge on any atom is -0.497 e. The number of sulfonamides is 1. The van der Waals surface area contributed by atoms with Gasteiger partial charge in [-0.15, -0.1) is 4.40 Å². The van der Waals surface area contributed by atoms with Crippen LogP contribution in [0.3, 0.4) is 0 Å². The van der Waals surface area contributed by atoms with Crippen LogP contribution in [0.15, 0.2) is 52.9 Å². The van der Waals surface area contributed by atoms with E-state index in [2.05, 4.69) is 39.6 Å². The molecule has 0 aromatic heterocycles. The van der Waals surface area contributed by atoms with Gasteiger partial charge < -0.3 is 9.64 Å². The average molecular weight is 397 g/mol. The standard InChI is InChI=1S/C22H24N2O3S/c1-27-20-4-2-3-17(15-20)16-5-7-18(8-6-16)22-11-9-19(10-12-22)24-13-14-28(25,26)23-21(22)24/h2-8,15,19H,9-14H2,1H3. The van der Waals surface area contributed by atoms with Gasteiger partial charge in [0.1, 0.15) is 11.6 Å². The van der Waals surface area contributed by atoms with Crippen molar-refractivity contribution < 1.29 is 13.2 Å². The minimum absolute atomic E-state index is 0.137. The summed E-state index contributed by atoms with van der Waals surface area (Å²) in [5, 5.41) is 0. The van der Waals surface area contributed by atoms with Crippen molar-refractivity contribution in [2.24, 2.45) is 4.40 Å². The van der Waals surface area contributed by atoms with Crippen LogP contribution in [0.5, 0.6) is 5.75 Å². The molecule has 0 amide bonds. The van der Waals surface area contributed by atoms with Crippen molar-refractivity contribution >= 4 is 15.9 Å². The van der Waals surface area contributed by atoms with Gasteiger partial charge in [-0.3, -0.25) is 0 Å². The summed E-state index contributed by atoms with van der Waals surface area (Å²) in [7, 11) is -1.68. The number of fused-ring (bicyclic) bond motifs is 2. The van der Waals surface area contributed by atoms with E-state index in [4.69, 9.17) is 4.74 Å². The monoisotopic (exact) mass is 396 g/mol. The number of hydrogen-bond donors (Lipinski definition) is 0. The molecule has 6 heteroatoms. The molecule has 4 aliphatic rings. The van der Waals surface area contributed by atoms with Gasteiger partial charge >= 0.3 is 0 Å². The molecule has 3 fully saturated rings. The molecule has 2 saturated heterocycles. The van der Waals surface area contributed by atoms with E-state index in [1.165, 1.54) is 5.56 Å². The van der Waals surface area contributed by atoms with Crippen LogP contribution in [0.1, 0.15) is 31.2 Å². The molecule has 6 rings (SSSR count). The molecule has 0 spiro atoms. The van der Waals surface area contributed by atoms with Crippen LogP contribution >= 0.6 is 0 Å². The summed E-state index contributed by atoms with van der Waals surface area (Å²) in [4.78, 5) is 2.27. The highest BCUT2D eigenvalue weighted by Crippen LogP contribution is 2.49. The van der Waals surface area contributed by atoms with Gasteiger partial charge in [0, 0.05) is 12.6 Å². The van der Waals surface area contributed by atoms with E-state index < -0.39 is 10.0 Å². The Balaban J connectivity index is 1.55. The summed E-state index contributed by atoms with van der Waals surface area (Å²) in [6.07, 6.45) is 4.16. The Morgan fingerprint density at radius 1 is 1.07 bits per heavy atom.